The van der Waals surface area contributed by atoms with E-state index in [1.165, 1.54) is 31.3 Å². The number of benzene rings is 1. The first-order valence-corrected chi connectivity index (χ1v) is 11.3. The van der Waals surface area contributed by atoms with E-state index in [-0.39, 0.29) is 23.9 Å². The molecule has 2 rings (SSSR count). The summed E-state index contributed by atoms with van der Waals surface area (Å²) in [7, 11) is 4.44. The SMILES string of the molecule is COc1ccc(/C(CNC(=O)[C@H](C)[C@@H](OC)[C@@H]2C[C@@H](OC)CN2C(=O)OC(C)(C)C)=N\O)c(F)c1. The molecule has 196 valence electrons. The average molecular weight is 498 g/mol. The molecule has 1 aromatic carbocycles. The molecule has 1 saturated heterocycles. The number of likely N-dealkylation sites (tertiary alicyclic amines) is 1. The van der Waals surface area contributed by atoms with Crippen LogP contribution in [0.1, 0.15) is 39.7 Å². The second kappa shape index (κ2) is 12.2. The Morgan fingerprint density at radius 2 is 1.97 bits per heavy atom. The topological polar surface area (TPSA) is 119 Å². The zero-order valence-electron chi connectivity index (χ0n) is 21.3. The average Bonchev–Trinajstić information content (AvgIpc) is 3.23. The van der Waals surface area contributed by atoms with E-state index in [0.717, 1.165) is 6.07 Å². The minimum absolute atomic E-state index is 0.0272. The quantitative estimate of drug-likeness (QED) is 0.306. The number of halogens is 1. The molecule has 1 heterocycles. The van der Waals surface area contributed by atoms with Crippen molar-refractivity contribution in [2.75, 3.05) is 34.4 Å². The standard InChI is InChI=1S/C24H36FN3O7/c1-14(22(29)26-12-19(27-31)17-9-8-15(32-5)10-18(17)25)21(34-7)20-11-16(33-6)13-28(20)23(30)35-24(2,3)4/h8-10,14,16,20-21,31H,11-13H2,1-7H3,(H,26,29)/b27-19-/t14-,16-,20+,21-/m1/s1. The number of ether oxygens (including phenoxy) is 4. The molecule has 0 unspecified atom stereocenters. The Kier molecular flexibility index (Phi) is 9.84. The molecule has 0 aromatic heterocycles. The van der Waals surface area contributed by atoms with Gasteiger partial charge in [-0.15, -0.1) is 0 Å². The number of carbonyl (C=O) groups excluding carboxylic acids is 2. The Labute approximate surface area is 205 Å². The molecule has 1 aromatic rings. The van der Waals surface area contributed by atoms with Crippen LogP contribution in [0.5, 0.6) is 5.75 Å². The number of hydrogen-bond donors (Lipinski definition) is 2. The van der Waals surface area contributed by atoms with Gasteiger partial charge in [0.25, 0.3) is 0 Å². The Morgan fingerprint density at radius 3 is 2.49 bits per heavy atom. The van der Waals surface area contributed by atoms with E-state index in [2.05, 4.69) is 10.5 Å². The molecule has 1 fully saturated rings. The van der Waals surface area contributed by atoms with Gasteiger partial charge in [0.05, 0.1) is 44.4 Å². The van der Waals surface area contributed by atoms with Crippen molar-refractivity contribution in [3.8, 4) is 5.75 Å². The maximum absolute atomic E-state index is 14.4. The first-order valence-electron chi connectivity index (χ1n) is 11.3. The molecule has 0 saturated carbocycles. The molecule has 1 aliphatic rings. The minimum atomic E-state index is -0.703. The van der Waals surface area contributed by atoms with Gasteiger partial charge >= 0.3 is 6.09 Å². The third-order valence-electron chi connectivity index (χ3n) is 5.86. The lowest BCUT2D eigenvalue weighted by molar-refractivity contribution is -0.130. The lowest BCUT2D eigenvalue weighted by Crippen LogP contribution is -2.51. The van der Waals surface area contributed by atoms with Crippen LogP contribution in [-0.2, 0) is 19.0 Å². The zero-order valence-corrected chi connectivity index (χ0v) is 21.3. The number of hydrogen-bond acceptors (Lipinski definition) is 8. The molecule has 0 aliphatic carbocycles. The van der Waals surface area contributed by atoms with E-state index < -0.39 is 41.5 Å². The van der Waals surface area contributed by atoms with E-state index in [9.17, 15) is 19.2 Å². The van der Waals surface area contributed by atoms with Crippen LogP contribution in [0.15, 0.2) is 23.4 Å². The molecule has 0 bridgehead atoms. The summed E-state index contributed by atoms with van der Waals surface area (Å²) in [5.41, 5.74) is -0.718. The third-order valence-corrected chi connectivity index (χ3v) is 5.86. The van der Waals surface area contributed by atoms with Crippen LogP contribution in [0.25, 0.3) is 0 Å². The van der Waals surface area contributed by atoms with Crippen LogP contribution in [0.3, 0.4) is 0 Å². The summed E-state index contributed by atoms with van der Waals surface area (Å²) >= 11 is 0. The van der Waals surface area contributed by atoms with Gasteiger partial charge in [0, 0.05) is 25.8 Å². The molecule has 4 atom stereocenters. The highest BCUT2D eigenvalue weighted by Crippen LogP contribution is 2.29. The summed E-state index contributed by atoms with van der Waals surface area (Å²) in [6.07, 6.45) is -0.949. The number of nitrogens with zero attached hydrogens (tertiary/aromatic N) is 2. The van der Waals surface area contributed by atoms with Crippen molar-refractivity contribution in [2.45, 2.75) is 58.0 Å². The van der Waals surface area contributed by atoms with Crippen LogP contribution >= 0.6 is 0 Å². The maximum Gasteiger partial charge on any atom is 0.410 e. The van der Waals surface area contributed by atoms with Crippen LogP contribution in [-0.4, -0.2) is 86.1 Å². The van der Waals surface area contributed by atoms with Crippen molar-refractivity contribution >= 4 is 17.7 Å². The van der Waals surface area contributed by atoms with Gasteiger partial charge in [-0.05, 0) is 39.3 Å². The summed E-state index contributed by atoms with van der Waals surface area (Å²) < 4.78 is 36.0. The number of nitrogens with one attached hydrogen (secondary N) is 1. The smallest absolute Gasteiger partial charge is 0.410 e. The van der Waals surface area contributed by atoms with Gasteiger partial charge in [-0.1, -0.05) is 12.1 Å². The first kappa shape index (κ1) is 28.3. The number of rotatable bonds is 9. The summed E-state index contributed by atoms with van der Waals surface area (Å²) in [6, 6.07) is 3.61. The highest BCUT2D eigenvalue weighted by atomic mass is 19.1. The Hall–Kier alpha value is -2.92. The largest absolute Gasteiger partial charge is 0.497 e. The van der Waals surface area contributed by atoms with Gasteiger partial charge in [0.15, 0.2) is 0 Å². The first-order chi connectivity index (χ1) is 16.4. The molecule has 2 amide bonds. The van der Waals surface area contributed by atoms with Crippen molar-refractivity contribution in [1.82, 2.24) is 10.2 Å². The molecule has 1 aliphatic heterocycles. The van der Waals surface area contributed by atoms with Gasteiger partial charge in [0.2, 0.25) is 5.91 Å². The van der Waals surface area contributed by atoms with Gasteiger partial charge in [-0.2, -0.15) is 0 Å². The fourth-order valence-corrected chi connectivity index (χ4v) is 4.06. The zero-order chi connectivity index (χ0) is 26.3. The van der Waals surface area contributed by atoms with Crippen molar-refractivity contribution in [3.63, 3.8) is 0 Å². The third kappa shape index (κ3) is 7.28. The predicted octanol–water partition coefficient (Wildman–Crippen LogP) is 2.80. The summed E-state index contributed by atoms with van der Waals surface area (Å²) in [5.74, 6) is -1.47. The van der Waals surface area contributed by atoms with E-state index in [4.69, 9.17) is 18.9 Å². The van der Waals surface area contributed by atoms with Gasteiger partial charge < -0.3 is 29.5 Å². The lowest BCUT2D eigenvalue weighted by atomic mass is 9.94. The maximum atomic E-state index is 14.4. The molecule has 10 nitrogen and oxygen atoms in total. The number of methoxy groups -OCH3 is 3. The number of amides is 2. The molecular weight excluding hydrogens is 461 g/mol. The summed E-state index contributed by atoms with van der Waals surface area (Å²) in [4.78, 5) is 27.4. The van der Waals surface area contributed by atoms with Crippen molar-refractivity contribution < 1.29 is 38.1 Å². The van der Waals surface area contributed by atoms with Crippen LogP contribution in [0.4, 0.5) is 9.18 Å². The second-order valence-corrected chi connectivity index (χ2v) is 9.39. The van der Waals surface area contributed by atoms with E-state index in [1.807, 2.05) is 0 Å². The van der Waals surface area contributed by atoms with Crippen LogP contribution < -0.4 is 10.1 Å². The van der Waals surface area contributed by atoms with Crippen molar-refractivity contribution in [1.29, 1.82) is 0 Å². The molecule has 0 radical (unpaired) electrons. The fourth-order valence-electron chi connectivity index (χ4n) is 4.06. The molecule has 35 heavy (non-hydrogen) atoms. The number of oxime groups is 1. The Bertz CT molecular complexity index is 919. The van der Waals surface area contributed by atoms with Gasteiger partial charge in [0.1, 0.15) is 22.9 Å². The number of carbonyl (C=O) groups is 2. The van der Waals surface area contributed by atoms with E-state index in [0.29, 0.717) is 18.7 Å². The molecule has 2 N–H and O–H groups in total. The minimum Gasteiger partial charge on any atom is -0.497 e. The van der Waals surface area contributed by atoms with Crippen LogP contribution in [0, 0.1) is 11.7 Å². The van der Waals surface area contributed by atoms with Crippen LogP contribution in [0.2, 0.25) is 0 Å². The van der Waals surface area contributed by atoms with Gasteiger partial charge in [-0.3, -0.25) is 9.69 Å². The highest BCUT2D eigenvalue weighted by molar-refractivity contribution is 6.03. The predicted molar refractivity (Wildman–Crippen MR) is 126 cm³/mol. The Morgan fingerprint density at radius 1 is 1.29 bits per heavy atom. The summed E-state index contributed by atoms with van der Waals surface area (Å²) in [5, 5.41) is 15.2. The highest BCUT2D eigenvalue weighted by Gasteiger charge is 2.45. The van der Waals surface area contributed by atoms with Gasteiger partial charge in [-0.25, -0.2) is 9.18 Å². The molecular formula is C24H36FN3O7. The summed E-state index contributed by atoms with van der Waals surface area (Å²) in [6.45, 7) is 7.09. The second-order valence-electron chi connectivity index (χ2n) is 9.39. The monoisotopic (exact) mass is 497 g/mol. The Balaban J connectivity index is 2.13. The van der Waals surface area contributed by atoms with E-state index >= 15 is 0 Å². The van der Waals surface area contributed by atoms with Crippen molar-refractivity contribution in [3.05, 3.63) is 29.6 Å². The van der Waals surface area contributed by atoms with E-state index in [1.54, 1.807) is 34.8 Å². The van der Waals surface area contributed by atoms with Crippen molar-refractivity contribution in [2.24, 2.45) is 11.1 Å². The molecule has 0 spiro atoms. The normalized spacial score (nSPS) is 20.3. The lowest BCUT2D eigenvalue weighted by Gasteiger charge is -2.34. The molecule has 11 heteroatoms. The fraction of sp³-hybridized carbons (Fsp3) is 0.625.